The molecule has 1 fully saturated rings. The number of carboxylic acid groups (broad SMARTS) is 1. The second-order valence-electron chi connectivity index (χ2n) is 5.40. The van der Waals surface area contributed by atoms with Crippen molar-refractivity contribution in [3.05, 3.63) is 0 Å². The molecule has 0 bridgehead atoms. The van der Waals surface area contributed by atoms with Crippen LogP contribution in [0.1, 0.15) is 26.7 Å². The van der Waals surface area contributed by atoms with Crippen molar-refractivity contribution >= 4 is 12.0 Å². The number of ether oxygens (including phenoxy) is 2. The average Bonchev–Trinajstić information content (AvgIpc) is 2.38. The standard InChI is InChI=1S/C13H24N2O5/c1-9(2)10(8-19-3)14-12(18)15-13(11(16)17)4-6-20-7-5-13/h9-10H,4-8H2,1-3H3,(H,16,17)(H2,14,15,18). The van der Waals surface area contributed by atoms with Crippen LogP contribution in [0.4, 0.5) is 4.79 Å². The van der Waals surface area contributed by atoms with Crippen molar-refractivity contribution in [2.75, 3.05) is 26.9 Å². The van der Waals surface area contributed by atoms with Crippen molar-refractivity contribution in [2.45, 2.75) is 38.3 Å². The van der Waals surface area contributed by atoms with Crippen LogP contribution in [-0.4, -0.2) is 55.6 Å². The third kappa shape index (κ3) is 4.35. The number of methoxy groups -OCH3 is 1. The summed E-state index contributed by atoms with van der Waals surface area (Å²) in [6, 6.07) is -0.643. The number of hydrogen-bond acceptors (Lipinski definition) is 4. The molecule has 1 saturated heterocycles. The van der Waals surface area contributed by atoms with Crippen LogP contribution in [0.25, 0.3) is 0 Å². The van der Waals surface area contributed by atoms with Gasteiger partial charge in [0.2, 0.25) is 0 Å². The fraction of sp³-hybridized carbons (Fsp3) is 0.846. The van der Waals surface area contributed by atoms with E-state index < -0.39 is 17.5 Å². The third-order valence-corrected chi connectivity index (χ3v) is 3.58. The second kappa shape index (κ2) is 7.44. The molecule has 1 heterocycles. The van der Waals surface area contributed by atoms with Crippen LogP contribution in [0, 0.1) is 5.92 Å². The summed E-state index contributed by atoms with van der Waals surface area (Å²) in [7, 11) is 1.56. The van der Waals surface area contributed by atoms with Crippen molar-refractivity contribution in [3.8, 4) is 0 Å². The minimum atomic E-state index is -1.24. The molecule has 0 aliphatic carbocycles. The fourth-order valence-corrected chi connectivity index (χ4v) is 2.11. The average molecular weight is 288 g/mol. The quantitative estimate of drug-likeness (QED) is 0.664. The summed E-state index contributed by atoms with van der Waals surface area (Å²) in [6.45, 7) is 4.97. The smallest absolute Gasteiger partial charge is 0.329 e. The van der Waals surface area contributed by atoms with Crippen molar-refractivity contribution in [1.82, 2.24) is 10.6 Å². The molecule has 116 valence electrons. The van der Waals surface area contributed by atoms with Gasteiger partial charge in [0.15, 0.2) is 0 Å². The van der Waals surface area contributed by atoms with E-state index >= 15 is 0 Å². The number of carbonyl (C=O) groups is 2. The Hall–Kier alpha value is -1.34. The van der Waals surface area contributed by atoms with Gasteiger partial charge in [-0.1, -0.05) is 13.8 Å². The molecule has 1 aliphatic rings. The van der Waals surface area contributed by atoms with Gasteiger partial charge in [0.05, 0.1) is 12.6 Å². The number of amides is 2. The van der Waals surface area contributed by atoms with E-state index in [1.807, 2.05) is 13.8 Å². The van der Waals surface area contributed by atoms with E-state index in [0.717, 1.165) is 0 Å². The number of carboxylic acids is 1. The molecule has 0 aromatic rings. The Morgan fingerprint density at radius 3 is 2.40 bits per heavy atom. The molecule has 0 saturated carbocycles. The summed E-state index contributed by atoms with van der Waals surface area (Å²) >= 11 is 0. The van der Waals surface area contributed by atoms with E-state index in [1.165, 1.54) is 0 Å². The van der Waals surface area contributed by atoms with Crippen molar-refractivity contribution in [2.24, 2.45) is 5.92 Å². The van der Waals surface area contributed by atoms with Crippen LogP contribution in [0.15, 0.2) is 0 Å². The summed E-state index contributed by atoms with van der Waals surface area (Å²) < 4.78 is 10.2. The van der Waals surface area contributed by atoms with Gasteiger partial charge in [-0.05, 0) is 5.92 Å². The van der Waals surface area contributed by atoms with E-state index in [1.54, 1.807) is 7.11 Å². The number of urea groups is 1. The highest BCUT2D eigenvalue weighted by atomic mass is 16.5. The lowest BCUT2D eigenvalue weighted by atomic mass is 9.90. The van der Waals surface area contributed by atoms with E-state index in [2.05, 4.69) is 10.6 Å². The highest BCUT2D eigenvalue weighted by Gasteiger charge is 2.41. The van der Waals surface area contributed by atoms with Gasteiger partial charge in [0.25, 0.3) is 0 Å². The zero-order valence-corrected chi connectivity index (χ0v) is 12.3. The van der Waals surface area contributed by atoms with E-state index in [0.29, 0.717) is 19.8 Å². The fourth-order valence-electron chi connectivity index (χ4n) is 2.11. The summed E-state index contributed by atoms with van der Waals surface area (Å²) in [5.41, 5.74) is -1.24. The van der Waals surface area contributed by atoms with Gasteiger partial charge in [0.1, 0.15) is 5.54 Å². The Bertz CT molecular complexity index is 340. The predicted octanol–water partition coefficient (Wildman–Crippen LogP) is 0.590. The van der Waals surface area contributed by atoms with Gasteiger partial charge in [-0.15, -0.1) is 0 Å². The zero-order valence-electron chi connectivity index (χ0n) is 12.3. The van der Waals surface area contributed by atoms with Crippen molar-refractivity contribution in [3.63, 3.8) is 0 Å². The van der Waals surface area contributed by atoms with E-state index in [4.69, 9.17) is 9.47 Å². The van der Waals surface area contributed by atoms with Crippen molar-refractivity contribution in [1.29, 1.82) is 0 Å². The van der Waals surface area contributed by atoms with Crippen LogP contribution in [0.3, 0.4) is 0 Å². The highest BCUT2D eigenvalue weighted by Crippen LogP contribution is 2.21. The first-order valence-corrected chi connectivity index (χ1v) is 6.80. The van der Waals surface area contributed by atoms with Crippen LogP contribution in [0.2, 0.25) is 0 Å². The molecule has 7 heteroatoms. The monoisotopic (exact) mass is 288 g/mol. The molecular formula is C13H24N2O5. The number of carbonyl (C=O) groups excluding carboxylic acids is 1. The molecule has 0 aromatic carbocycles. The van der Waals surface area contributed by atoms with Gasteiger partial charge in [-0.2, -0.15) is 0 Å². The Labute approximate surface area is 119 Å². The second-order valence-corrected chi connectivity index (χ2v) is 5.40. The predicted molar refractivity (Wildman–Crippen MR) is 72.6 cm³/mol. The number of rotatable bonds is 6. The molecule has 1 atom stereocenters. The van der Waals surface area contributed by atoms with Crippen LogP contribution >= 0.6 is 0 Å². The number of nitrogens with one attached hydrogen (secondary N) is 2. The highest BCUT2D eigenvalue weighted by molar-refractivity contribution is 5.86. The SMILES string of the molecule is COCC(NC(=O)NC1(C(=O)O)CCOCC1)C(C)C. The van der Waals surface area contributed by atoms with Crippen LogP contribution in [0.5, 0.6) is 0 Å². The third-order valence-electron chi connectivity index (χ3n) is 3.58. The topological polar surface area (TPSA) is 96.9 Å². The van der Waals surface area contributed by atoms with Gasteiger partial charge in [0, 0.05) is 33.2 Å². The minimum Gasteiger partial charge on any atom is -0.480 e. The summed E-state index contributed by atoms with van der Waals surface area (Å²) in [5.74, 6) is -0.833. The number of hydrogen-bond donors (Lipinski definition) is 3. The molecular weight excluding hydrogens is 264 g/mol. The molecule has 3 N–H and O–H groups in total. The van der Waals surface area contributed by atoms with Crippen molar-refractivity contribution < 1.29 is 24.2 Å². The molecule has 7 nitrogen and oxygen atoms in total. The van der Waals surface area contributed by atoms with Gasteiger partial charge >= 0.3 is 12.0 Å². The maximum Gasteiger partial charge on any atom is 0.329 e. The maximum absolute atomic E-state index is 12.0. The molecule has 0 radical (unpaired) electrons. The van der Waals surface area contributed by atoms with Crippen LogP contribution in [-0.2, 0) is 14.3 Å². The number of aliphatic carboxylic acids is 1. The Kier molecular flexibility index (Phi) is 6.22. The molecule has 1 aliphatic heterocycles. The Morgan fingerprint density at radius 1 is 1.35 bits per heavy atom. The maximum atomic E-state index is 12.0. The summed E-state index contributed by atoms with van der Waals surface area (Å²) in [4.78, 5) is 23.5. The van der Waals surface area contributed by atoms with Gasteiger partial charge in [-0.25, -0.2) is 9.59 Å². The molecule has 20 heavy (non-hydrogen) atoms. The summed E-state index contributed by atoms with van der Waals surface area (Å²) in [5, 5.41) is 14.7. The van der Waals surface area contributed by atoms with Gasteiger partial charge in [-0.3, -0.25) is 0 Å². The van der Waals surface area contributed by atoms with E-state index in [-0.39, 0.29) is 24.8 Å². The first-order valence-electron chi connectivity index (χ1n) is 6.80. The molecule has 0 spiro atoms. The largest absolute Gasteiger partial charge is 0.480 e. The summed E-state index contributed by atoms with van der Waals surface area (Å²) in [6.07, 6.45) is 0.540. The Balaban J connectivity index is 2.64. The van der Waals surface area contributed by atoms with Crippen LogP contribution < -0.4 is 10.6 Å². The zero-order chi connectivity index (χ0) is 15.2. The lowest BCUT2D eigenvalue weighted by molar-refractivity contribution is -0.148. The van der Waals surface area contributed by atoms with Gasteiger partial charge < -0.3 is 25.2 Å². The normalized spacial score (nSPS) is 19.4. The first-order chi connectivity index (χ1) is 9.41. The lowest BCUT2D eigenvalue weighted by Crippen LogP contribution is -2.61. The Morgan fingerprint density at radius 2 is 1.95 bits per heavy atom. The van der Waals surface area contributed by atoms with E-state index in [9.17, 15) is 14.7 Å². The molecule has 1 unspecified atom stereocenters. The first kappa shape index (κ1) is 16.7. The molecule has 2 amide bonds. The molecule has 1 rings (SSSR count). The minimum absolute atomic E-state index is 0.161. The molecule has 0 aromatic heterocycles. The lowest BCUT2D eigenvalue weighted by Gasteiger charge is -2.34.